The molecule has 2 rings (SSSR count). The zero-order chi connectivity index (χ0) is 15.2. The minimum atomic E-state index is 0.0629. The number of nitrogens with zero attached hydrogens (tertiary/aromatic N) is 1. The summed E-state index contributed by atoms with van der Waals surface area (Å²) in [6, 6.07) is 16.7. The lowest BCUT2D eigenvalue weighted by atomic mass is 10.0. The molecule has 1 atom stereocenters. The van der Waals surface area contributed by atoms with Gasteiger partial charge in [-0.05, 0) is 49.3 Å². The molecule has 4 heteroatoms. The fourth-order valence-corrected chi connectivity index (χ4v) is 3.11. The number of rotatable bonds is 6. The highest BCUT2D eigenvalue weighted by Gasteiger charge is 2.10. The van der Waals surface area contributed by atoms with E-state index < -0.39 is 0 Å². The summed E-state index contributed by atoms with van der Waals surface area (Å²) in [5, 5.41) is 0. The third kappa shape index (κ3) is 5.22. The van der Waals surface area contributed by atoms with Crippen LogP contribution in [0.4, 0.5) is 0 Å². The van der Waals surface area contributed by atoms with Crippen molar-refractivity contribution in [2.24, 2.45) is 5.73 Å². The second-order valence-corrected chi connectivity index (χ2v) is 7.05. The number of hydrogen-bond acceptors (Lipinski definition) is 2. The predicted molar refractivity (Wildman–Crippen MR) is 96.2 cm³/mol. The summed E-state index contributed by atoms with van der Waals surface area (Å²) in [6.07, 6.45) is 0.940. The van der Waals surface area contributed by atoms with Crippen molar-refractivity contribution in [2.75, 3.05) is 13.6 Å². The van der Waals surface area contributed by atoms with Gasteiger partial charge in [0.1, 0.15) is 0 Å². The summed E-state index contributed by atoms with van der Waals surface area (Å²) in [5.74, 6) is 0. The van der Waals surface area contributed by atoms with E-state index in [9.17, 15) is 0 Å². The van der Waals surface area contributed by atoms with Crippen LogP contribution in [-0.4, -0.2) is 18.5 Å². The molecule has 21 heavy (non-hydrogen) atoms. The molecular weight excluding hydrogens is 392 g/mol. The van der Waals surface area contributed by atoms with Crippen LogP contribution < -0.4 is 5.73 Å². The van der Waals surface area contributed by atoms with Crippen LogP contribution in [0, 0.1) is 0 Å². The first-order valence-electron chi connectivity index (χ1n) is 6.99. The summed E-state index contributed by atoms with van der Waals surface area (Å²) in [7, 11) is 2.13. The molecule has 2 aromatic rings. The fraction of sp³-hybridized carbons (Fsp3) is 0.294. The van der Waals surface area contributed by atoms with Gasteiger partial charge >= 0.3 is 0 Å². The molecule has 112 valence electrons. The minimum absolute atomic E-state index is 0.0629. The normalized spacial score (nSPS) is 12.6. The lowest BCUT2D eigenvalue weighted by molar-refractivity contribution is 0.311. The summed E-state index contributed by atoms with van der Waals surface area (Å²) in [4.78, 5) is 2.31. The van der Waals surface area contributed by atoms with Crippen LogP contribution in [0.25, 0.3) is 0 Å². The Kier molecular flexibility index (Phi) is 6.42. The molecule has 0 heterocycles. The van der Waals surface area contributed by atoms with Crippen molar-refractivity contribution >= 4 is 31.9 Å². The molecule has 0 fully saturated rings. The molecular formula is C17H20Br2N2. The Morgan fingerprint density at radius 1 is 1.05 bits per heavy atom. The van der Waals surface area contributed by atoms with Crippen LogP contribution in [0.1, 0.15) is 23.6 Å². The van der Waals surface area contributed by atoms with Crippen molar-refractivity contribution in [1.29, 1.82) is 0 Å². The second kappa shape index (κ2) is 8.08. The van der Waals surface area contributed by atoms with Crippen LogP contribution in [0.5, 0.6) is 0 Å². The van der Waals surface area contributed by atoms with E-state index >= 15 is 0 Å². The predicted octanol–water partition coefficient (Wildman–Crippen LogP) is 4.73. The molecule has 2 N–H and O–H groups in total. The quantitative estimate of drug-likeness (QED) is 0.744. The lowest BCUT2D eigenvalue weighted by Crippen LogP contribution is -2.23. The van der Waals surface area contributed by atoms with Gasteiger partial charge < -0.3 is 10.6 Å². The van der Waals surface area contributed by atoms with Crippen LogP contribution in [0.15, 0.2) is 57.5 Å². The van der Waals surface area contributed by atoms with Crippen molar-refractivity contribution in [3.8, 4) is 0 Å². The summed E-state index contributed by atoms with van der Waals surface area (Å²) in [5.41, 5.74) is 8.78. The largest absolute Gasteiger partial charge is 0.324 e. The molecule has 0 bridgehead atoms. The minimum Gasteiger partial charge on any atom is -0.324 e. The van der Waals surface area contributed by atoms with Gasteiger partial charge in [-0.1, -0.05) is 62.2 Å². The highest BCUT2D eigenvalue weighted by Crippen LogP contribution is 2.23. The maximum Gasteiger partial charge on any atom is 0.0318 e. The van der Waals surface area contributed by atoms with Gasteiger partial charge in [-0.2, -0.15) is 0 Å². The van der Waals surface area contributed by atoms with Gasteiger partial charge in [0, 0.05) is 21.5 Å². The van der Waals surface area contributed by atoms with E-state index in [4.69, 9.17) is 5.73 Å². The zero-order valence-corrected chi connectivity index (χ0v) is 15.3. The Hall–Kier alpha value is -0.680. The topological polar surface area (TPSA) is 29.3 Å². The molecule has 2 aromatic carbocycles. The van der Waals surface area contributed by atoms with Crippen molar-refractivity contribution in [2.45, 2.75) is 19.0 Å². The van der Waals surface area contributed by atoms with E-state index in [1.165, 1.54) is 11.1 Å². The first-order valence-corrected chi connectivity index (χ1v) is 8.58. The molecule has 0 aliphatic heterocycles. The van der Waals surface area contributed by atoms with E-state index in [0.29, 0.717) is 0 Å². The van der Waals surface area contributed by atoms with Crippen LogP contribution in [0.3, 0.4) is 0 Å². The number of hydrogen-bond donors (Lipinski definition) is 1. The van der Waals surface area contributed by atoms with Crippen LogP contribution >= 0.6 is 31.9 Å². The van der Waals surface area contributed by atoms with Crippen molar-refractivity contribution < 1.29 is 0 Å². The molecule has 0 amide bonds. The molecule has 0 spiro atoms. The van der Waals surface area contributed by atoms with Crippen LogP contribution in [-0.2, 0) is 6.54 Å². The third-order valence-corrected chi connectivity index (χ3v) is 4.74. The van der Waals surface area contributed by atoms with E-state index in [1.807, 2.05) is 18.2 Å². The molecule has 0 aromatic heterocycles. The first-order chi connectivity index (χ1) is 10.1. The van der Waals surface area contributed by atoms with Crippen molar-refractivity contribution in [3.63, 3.8) is 0 Å². The number of nitrogens with two attached hydrogens (primary N) is 1. The van der Waals surface area contributed by atoms with Crippen LogP contribution in [0.2, 0.25) is 0 Å². The fourth-order valence-electron chi connectivity index (χ4n) is 2.27. The SMILES string of the molecule is CN(CCC(N)c1ccccc1Br)Cc1ccc(Br)cc1. The van der Waals surface area contributed by atoms with E-state index in [1.54, 1.807) is 0 Å². The van der Waals surface area contributed by atoms with E-state index in [0.717, 1.165) is 28.5 Å². The van der Waals surface area contributed by atoms with Gasteiger partial charge in [0.15, 0.2) is 0 Å². The summed E-state index contributed by atoms with van der Waals surface area (Å²) in [6.45, 7) is 1.91. The van der Waals surface area contributed by atoms with Crippen molar-refractivity contribution in [1.82, 2.24) is 4.90 Å². The van der Waals surface area contributed by atoms with E-state index in [2.05, 4.69) is 74.1 Å². The Morgan fingerprint density at radius 3 is 2.38 bits per heavy atom. The van der Waals surface area contributed by atoms with Gasteiger partial charge in [0.05, 0.1) is 0 Å². The first kappa shape index (κ1) is 16.7. The maximum absolute atomic E-state index is 6.29. The van der Waals surface area contributed by atoms with Gasteiger partial charge in [-0.15, -0.1) is 0 Å². The van der Waals surface area contributed by atoms with E-state index in [-0.39, 0.29) is 6.04 Å². The number of benzene rings is 2. The average Bonchev–Trinajstić information content (AvgIpc) is 2.48. The van der Waals surface area contributed by atoms with Gasteiger partial charge in [-0.25, -0.2) is 0 Å². The van der Waals surface area contributed by atoms with Gasteiger partial charge in [0.2, 0.25) is 0 Å². The van der Waals surface area contributed by atoms with Crippen molar-refractivity contribution in [3.05, 3.63) is 68.6 Å². The molecule has 2 nitrogen and oxygen atoms in total. The molecule has 0 saturated carbocycles. The number of halogens is 2. The molecule has 0 aliphatic carbocycles. The molecule has 0 aliphatic rings. The molecule has 0 saturated heterocycles. The second-order valence-electron chi connectivity index (χ2n) is 5.28. The monoisotopic (exact) mass is 410 g/mol. The standard InChI is InChI=1S/C17H20Br2N2/c1-21(12-13-6-8-14(18)9-7-13)11-10-17(20)15-4-2-3-5-16(15)19/h2-9,17H,10-12,20H2,1H3. The molecule has 0 radical (unpaired) electrons. The lowest BCUT2D eigenvalue weighted by Gasteiger charge is -2.20. The Labute approximate surface area is 143 Å². The Morgan fingerprint density at radius 2 is 1.71 bits per heavy atom. The van der Waals surface area contributed by atoms with Gasteiger partial charge in [-0.3, -0.25) is 0 Å². The Balaban J connectivity index is 1.85. The average molecular weight is 412 g/mol. The smallest absolute Gasteiger partial charge is 0.0318 e. The summed E-state index contributed by atoms with van der Waals surface area (Å²) >= 11 is 7.03. The Bertz CT molecular complexity index is 569. The molecule has 1 unspecified atom stereocenters. The highest BCUT2D eigenvalue weighted by molar-refractivity contribution is 9.10. The summed E-state index contributed by atoms with van der Waals surface area (Å²) < 4.78 is 2.21. The third-order valence-electron chi connectivity index (χ3n) is 3.49. The van der Waals surface area contributed by atoms with Gasteiger partial charge in [0.25, 0.3) is 0 Å². The zero-order valence-electron chi connectivity index (χ0n) is 12.1. The maximum atomic E-state index is 6.29. The highest BCUT2D eigenvalue weighted by atomic mass is 79.9.